The van der Waals surface area contributed by atoms with E-state index < -0.39 is 5.97 Å². The first-order valence-corrected chi connectivity index (χ1v) is 4.12. The fraction of sp³-hybridized carbons (Fsp3) is 0.182. The average Bonchev–Trinajstić information content (AvgIpc) is 2.24. The Morgan fingerprint density at radius 1 is 1.07 bits per heavy atom. The Balaban J connectivity index is -0.000000141. The Morgan fingerprint density at radius 2 is 1.21 bits per heavy atom. The maximum Gasteiger partial charge on any atom is 0.327 e. The lowest BCUT2D eigenvalue weighted by Gasteiger charge is -1.69. The summed E-state index contributed by atoms with van der Waals surface area (Å²) in [7, 11) is 0. The molecule has 3 heteroatoms. The molecule has 0 radical (unpaired) electrons. The third-order valence-corrected chi connectivity index (χ3v) is 0.841. The maximum atomic E-state index is 9.25. The molecule has 1 N–H and O–H groups in total. The quantitative estimate of drug-likeness (QED) is 0.729. The number of rotatable bonds is 1. The molecule has 0 atom stereocenters. The molecular weight excluding hydrogens is 196 g/mol. The van der Waals surface area contributed by atoms with Crippen LogP contribution in [0.15, 0.2) is 49.1 Å². The highest BCUT2D eigenvalue weighted by Gasteiger charge is 1.73. The fourth-order valence-electron chi connectivity index (χ4n) is 0.385. The highest BCUT2D eigenvalue weighted by Crippen LogP contribution is 1.79. The first-order chi connectivity index (χ1) is 6.27. The molecule has 0 aliphatic rings. The van der Waals surface area contributed by atoms with Crippen LogP contribution in [-0.2, 0) is 4.79 Å². The van der Waals surface area contributed by atoms with Gasteiger partial charge in [0.25, 0.3) is 0 Å². The number of aliphatic carboxylic acids is 1. The van der Waals surface area contributed by atoms with Gasteiger partial charge in [-0.05, 0) is 0 Å². The Hall–Kier alpha value is -1.22. The minimum Gasteiger partial charge on any atom is -0.478 e. The lowest BCUT2D eigenvalue weighted by molar-refractivity contribution is -0.131. The standard InChI is InChI=1S/C6H6.C3H4O2.C2H6.H2S/c1-2-4-6-5-3-1;1-2-3(4)5;1-2;/h1-6H;2H,1H2,(H,4,5);1-2H3;1H2. The summed E-state index contributed by atoms with van der Waals surface area (Å²) in [6.45, 7) is 6.96. The van der Waals surface area contributed by atoms with Crippen LogP contribution in [0.5, 0.6) is 0 Å². The topological polar surface area (TPSA) is 37.3 Å². The molecule has 0 unspecified atom stereocenters. The van der Waals surface area contributed by atoms with Crippen LogP contribution in [0.3, 0.4) is 0 Å². The van der Waals surface area contributed by atoms with Crippen LogP contribution in [0.25, 0.3) is 0 Å². The first kappa shape index (κ1) is 18.5. The van der Waals surface area contributed by atoms with Crippen LogP contribution in [0.1, 0.15) is 13.8 Å². The van der Waals surface area contributed by atoms with E-state index in [4.69, 9.17) is 5.11 Å². The zero-order chi connectivity index (χ0) is 10.5. The van der Waals surface area contributed by atoms with Crippen molar-refractivity contribution in [1.82, 2.24) is 0 Å². The minimum absolute atomic E-state index is 0. The van der Waals surface area contributed by atoms with Gasteiger partial charge in [-0.15, -0.1) is 0 Å². The van der Waals surface area contributed by atoms with Gasteiger partial charge in [0.2, 0.25) is 0 Å². The van der Waals surface area contributed by atoms with Crippen molar-refractivity contribution in [1.29, 1.82) is 0 Å². The van der Waals surface area contributed by atoms with Crippen LogP contribution in [0, 0.1) is 0 Å². The smallest absolute Gasteiger partial charge is 0.327 e. The Labute approximate surface area is 92.7 Å². The summed E-state index contributed by atoms with van der Waals surface area (Å²) in [4.78, 5) is 9.25. The van der Waals surface area contributed by atoms with Crippen LogP contribution in [0.2, 0.25) is 0 Å². The van der Waals surface area contributed by atoms with Crippen molar-refractivity contribution in [3.8, 4) is 0 Å². The van der Waals surface area contributed by atoms with Crippen molar-refractivity contribution in [2.45, 2.75) is 13.8 Å². The van der Waals surface area contributed by atoms with E-state index in [1.54, 1.807) is 0 Å². The molecule has 0 heterocycles. The van der Waals surface area contributed by atoms with Crippen LogP contribution in [-0.4, -0.2) is 11.1 Å². The number of benzene rings is 1. The van der Waals surface area contributed by atoms with E-state index in [9.17, 15) is 4.79 Å². The van der Waals surface area contributed by atoms with E-state index in [1.165, 1.54) is 0 Å². The average molecular weight is 214 g/mol. The van der Waals surface area contributed by atoms with Gasteiger partial charge in [-0.25, -0.2) is 4.79 Å². The molecule has 0 spiro atoms. The summed E-state index contributed by atoms with van der Waals surface area (Å²) in [5.41, 5.74) is 0. The summed E-state index contributed by atoms with van der Waals surface area (Å²) < 4.78 is 0. The van der Waals surface area contributed by atoms with E-state index >= 15 is 0 Å². The largest absolute Gasteiger partial charge is 0.478 e. The van der Waals surface area contributed by atoms with Crippen molar-refractivity contribution in [3.63, 3.8) is 0 Å². The summed E-state index contributed by atoms with van der Waals surface area (Å²) in [6, 6.07) is 12.0. The van der Waals surface area contributed by atoms with E-state index in [0.29, 0.717) is 0 Å². The third-order valence-electron chi connectivity index (χ3n) is 0.841. The van der Waals surface area contributed by atoms with Crippen molar-refractivity contribution >= 4 is 19.5 Å². The van der Waals surface area contributed by atoms with E-state index in [0.717, 1.165) is 6.08 Å². The van der Waals surface area contributed by atoms with Crippen molar-refractivity contribution < 1.29 is 9.90 Å². The van der Waals surface area contributed by atoms with Crippen LogP contribution >= 0.6 is 13.5 Å². The monoisotopic (exact) mass is 214 g/mol. The summed E-state index contributed by atoms with van der Waals surface area (Å²) in [5.74, 6) is -0.981. The molecule has 0 aromatic heterocycles. The van der Waals surface area contributed by atoms with Gasteiger partial charge in [0, 0.05) is 6.08 Å². The number of carbonyl (C=O) groups is 1. The van der Waals surface area contributed by atoms with Gasteiger partial charge >= 0.3 is 5.97 Å². The summed E-state index contributed by atoms with van der Waals surface area (Å²) >= 11 is 0. The summed E-state index contributed by atoms with van der Waals surface area (Å²) in [5, 5.41) is 7.60. The molecule has 80 valence electrons. The molecule has 0 saturated carbocycles. The first-order valence-electron chi connectivity index (χ1n) is 4.12. The number of carboxylic acids is 1. The molecule has 0 aliphatic heterocycles. The van der Waals surface area contributed by atoms with Gasteiger partial charge < -0.3 is 5.11 Å². The van der Waals surface area contributed by atoms with Crippen LogP contribution in [0.4, 0.5) is 0 Å². The van der Waals surface area contributed by atoms with Crippen LogP contribution < -0.4 is 0 Å². The van der Waals surface area contributed by atoms with Gasteiger partial charge in [0.05, 0.1) is 0 Å². The second-order valence-corrected chi connectivity index (χ2v) is 1.70. The molecule has 1 aromatic carbocycles. The molecule has 2 nitrogen and oxygen atoms in total. The van der Waals surface area contributed by atoms with Gasteiger partial charge in [-0.3, -0.25) is 0 Å². The highest BCUT2D eigenvalue weighted by molar-refractivity contribution is 7.59. The van der Waals surface area contributed by atoms with Gasteiger partial charge in [0.15, 0.2) is 0 Å². The van der Waals surface area contributed by atoms with E-state index in [1.807, 2.05) is 50.2 Å². The molecule has 1 aromatic rings. The molecule has 0 amide bonds. The minimum atomic E-state index is -0.981. The molecule has 0 fully saturated rings. The van der Waals surface area contributed by atoms with Crippen molar-refractivity contribution in [3.05, 3.63) is 49.1 Å². The highest BCUT2D eigenvalue weighted by atomic mass is 32.1. The molecule has 14 heavy (non-hydrogen) atoms. The van der Waals surface area contributed by atoms with Crippen molar-refractivity contribution in [2.75, 3.05) is 0 Å². The number of hydrogen-bond donors (Lipinski definition) is 1. The lowest BCUT2D eigenvalue weighted by atomic mass is 10.4. The van der Waals surface area contributed by atoms with Gasteiger partial charge in [-0.1, -0.05) is 56.8 Å². The Bertz CT molecular complexity index is 183. The Morgan fingerprint density at radius 3 is 1.29 bits per heavy atom. The third kappa shape index (κ3) is 22.4. The zero-order valence-corrected chi connectivity index (χ0v) is 9.60. The van der Waals surface area contributed by atoms with Crippen molar-refractivity contribution in [2.24, 2.45) is 0 Å². The van der Waals surface area contributed by atoms with Gasteiger partial charge in [0.1, 0.15) is 0 Å². The predicted octanol–water partition coefficient (Wildman–Crippen LogP) is 3.08. The van der Waals surface area contributed by atoms with E-state index in [-0.39, 0.29) is 13.5 Å². The second kappa shape index (κ2) is 17.8. The Kier molecular flexibility index (Phi) is 23.5. The molecule has 0 aliphatic carbocycles. The normalized spacial score (nSPS) is 6.14. The summed E-state index contributed by atoms with van der Waals surface area (Å²) in [6.07, 6.45) is 0.833. The lowest BCUT2D eigenvalue weighted by Crippen LogP contribution is -1.82. The molecular formula is C11H18O2S. The fourth-order valence-corrected chi connectivity index (χ4v) is 0.385. The van der Waals surface area contributed by atoms with Gasteiger partial charge in [-0.2, -0.15) is 13.5 Å². The SMILES string of the molecule is C=CC(=O)O.CC.S.c1ccccc1. The zero-order valence-electron chi connectivity index (χ0n) is 8.60. The maximum absolute atomic E-state index is 9.25. The number of hydrogen-bond acceptors (Lipinski definition) is 1. The number of carboxylic acid groups (broad SMARTS) is 1. The molecule has 0 saturated heterocycles. The molecule has 1 rings (SSSR count). The second-order valence-electron chi connectivity index (χ2n) is 1.70. The molecule has 0 bridgehead atoms. The van der Waals surface area contributed by atoms with E-state index in [2.05, 4.69) is 6.58 Å². The predicted molar refractivity (Wildman–Crippen MR) is 66.0 cm³/mol.